The maximum Gasteiger partial charge on any atom is 0.231 e. The predicted molar refractivity (Wildman–Crippen MR) is 53.6 cm³/mol. The van der Waals surface area contributed by atoms with Gasteiger partial charge in [0, 0.05) is 18.0 Å². The molecule has 74 valence electrons. The summed E-state index contributed by atoms with van der Waals surface area (Å²) in [5, 5.41) is 0. The molecule has 1 aromatic heterocycles. The van der Waals surface area contributed by atoms with Crippen LogP contribution in [-0.2, 0) is 0 Å². The summed E-state index contributed by atoms with van der Waals surface area (Å²) in [6, 6.07) is 5.79. The minimum atomic E-state index is 0.296. The fourth-order valence-electron chi connectivity index (χ4n) is 1.52. The number of fused-ring (bicyclic) bond motifs is 1. The van der Waals surface area contributed by atoms with E-state index in [9.17, 15) is 0 Å². The molecular weight excluding hydrogens is 192 g/mol. The van der Waals surface area contributed by atoms with Crippen molar-refractivity contribution in [1.29, 1.82) is 0 Å². The number of benzene rings is 1. The van der Waals surface area contributed by atoms with E-state index in [1.165, 1.54) is 6.33 Å². The van der Waals surface area contributed by atoms with E-state index >= 15 is 0 Å². The maximum absolute atomic E-state index is 5.30. The number of hydrogen-bond donors (Lipinski definition) is 0. The smallest absolute Gasteiger partial charge is 0.231 e. The zero-order valence-electron chi connectivity index (χ0n) is 7.88. The van der Waals surface area contributed by atoms with E-state index in [-0.39, 0.29) is 0 Å². The Hall–Kier alpha value is -2.10. The summed E-state index contributed by atoms with van der Waals surface area (Å²) in [6.45, 7) is 0.296. The predicted octanol–water partition coefficient (Wildman–Crippen LogP) is 1.87. The number of hydrogen-bond acceptors (Lipinski definition) is 4. The fourth-order valence-corrected chi connectivity index (χ4v) is 1.52. The molecule has 0 aliphatic carbocycles. The Labute approximate surface area is 86.5 Å². The van der Waals surface area contributed by atoms with Crippen LogP contribution in [0, 0.1) is 0 Å². The molecular formula is C11H8N2O2. The monoisotopic (exact) mass is 200 g/mol. The van der Waals surface area contributed by atoms with Crippen LogP contribution in [-0.4, -0.2) is 16.8 Å². The minimum Gasteiger partial charge on any atom is -0.454 e. The standard InChI is InChI=1S/C11H8N2O2/c1-2-10-11(15-7-14-10)3-8(1)9-4-12-6-13-5-9/h1-6H,7H2. The van der Waals surface area contributed by atoms with Crippen LogP contribution >= 0.6 is 0 Å². The van der Waals surface area contributed by atoms with Gasteiger partial charge in [0.1, 0.15) is 6.33 Å². The van der Waals surface area contributed by atoms with Gasteiger partial charge in [0.15, 0.2) is 11.5 Å². The van der Waals surface area contributed by atoms with Crippen LogP contribution < -0.4 is 9.47 Å². The van der Waals surface area contributed by atoms with E-state index in [1.807, 2.05) is 18.2 Å². The molecule has 1 aliphatic rings. The number of ether oxygens (including phenoxy) is 2. The van der Waals surface area contributed by atoms with Gasteiger partial charge < -0.3 is 9.47 Å². The first kappa shape index (κ1) is 8.23. The molecule has 0 fully saturated rings. The van der Waals surface area contributed by atoms with E-state index < -0.39 is 0 Å². The van der Waals surface area contributed by atoms with Crippen molar-refractivity contribution < 1.29 is 9.47 Å². The van der Waals surface area contributed by atoms with Gasteiger partial charge in [0.25, 0.3) is 0 Å². The van der Waals surface area contributed by atoms with Gasteiger partial charge in [-0.25, -0.2) is 9.97 Å². The average Bonchev–Trinajstić information content (AvgIpc) is 2.77. The first-order valence-corrected chi connectivity index (χ1v) is 4.58. The lowest BCUT2D eigenvalue weighted by Crippen LogP contribution is -1.92. The lowest BCUT2D eigenvalue weighted by Gasteiger charge is -2.01. The second-order valence-electron chi connectivity index (χ2n) is 3.20. The number of nitrogens with zero attached hydrogens (tertiary/aromatic N) is 2. The molecule has 0 N–H and O–H groups in total. The second-order valence-corrected chi connectivity index (χ2v) is 3.20. The van der Waals surface area contributed by atoms with Gasteiger partial charge in [0.2, 0.25) is 6.79 Å². The average molecular weight is 200 g/mol. The summed E-state index contributed by atoms with van der Waals surface area (Å²) in [6.07, 6.45) is 5.05. The Balaban J connectivity index is 2.07. The largest absolute Gasteiger partial charge is 0.454 e. The van der Waals surface area contributed by atoms with Crippen LogP contribution in [0.5, 0.6) is 11.5 Å². The molecule has 0 spiro atoms. The molecule has 0 saturated carbocycles. The van der Waals surface area contributed by atoms with Crippen LogP contribution in [0.3, 0.4) is 0 Å². The van der Waals surface area contributed by atoms with Gasteiger partial charge in [-0.05, 0) is 17.7 Å². The maximum atomic E-state index is 5.30. The molecule has 2 heterocycles. The SMILES string of the molecule is c1ncc(-c2ccc3c(c2)OCO3)cn1. The van der Waals surface area contributed by atoms with E-state index in [0.29, 0.717) is 6.79 Å². The molecule has 0 unspecified atom stereocenters. The van der Waals surface area contributed by atoms with Crippen molar-refractivity contribution in [2.75, 3.05) is 6.79 Å². The molecule has 0 bridgehead atoms. The molecule has 1 aliphatic heterocycles. The van der Waals surface area contributed by atoms with Crippen molar-refractivity contribution in [1.82, 2.24) is 9.97 Å². The zero-order valence-corrected chi connectivity index (χ0v) is 7.88. The van der Waals surface area contributed by atoms with Crippen LogP contribution in [0.4, 0.5) is 0 Å². The van der Waals surface area contributed by atoms with Crippen molar-refractivity contribution in [3.05, 3.63) is 36.9 Å². The first-order valence-electron chi connectivity index (χ1n) is 4.58. The molecule has 2 aromatic rings. The van der Waals surface area contributed by atoms with Gasteiger partial charge in [0.05, 0.1) is 0 Å². The Kier molecular flexibility index (Phi) is 1.78. The molecule has 0 atom stereocenters. The summed E-state index contributed by atoms with van der Waals surface area (Å²) in [5.74, 6) is 1.56. The van der Waals surface area contributed by atoms with Crippen LogP contribution in [0.25, 0.3) is 11.1 Å². The zero-order chi connectivity index (χ0) is 10.1. The van der Waals surface area contributed by atoms with E-state index in [4.69, 9.17) is 9.47 Å². The highest BCUT2D eigenvalue weighted by atomic mass is 16.7. The molecule has 3 rings (SSSR count). The number of aromatic nitrogens is 2. The molecule has 0 radical (unpaired) electrons. The van der Waals surface area contributed by atoms with Crippen molar-refractivity contribution >= 4 is 0 Å². The van der Waals surface area contributed by atoms with Crippen molar-refractivity contribution in [2.24, 2.45) is 0 Å². The van der Waals surface area contributed by atoms with Gasteiger partial charge >= 0.3 is 0 Å². The van der Waals surface area contributed by atoms with Crippen LogP contribution in [0.2, 0.25) is 0 Å². The van der Waals surface area contributed by atoms with E-state index in [1.54, 1.807) is 12.4 Å². The van der Waals surface area contributed by atoms with Crippen molar-refractivity contribution in [2.45, 2.75) is 0 Å². The van der Waals surface area contributed by atoms with Crippen molar-refractivity contribution in [3.63, 3.8) is 0 Å². The Morgan fingerprint density at radius 3 is 2.60 bits per heavy atom. The summed E-state index contributed by atoms with van der Waals surface area (Å²) in [4.78, 5) is 7.94. The molecule has 0 amide bonds. The van der Waals surface area contributed by atoms with Gasteiger partial charge in [-0.2, -0.15) is 0 Å². The third-order valence-electron chi connectivity index (χ3n) is 2.27. The quantitative estimate of drug-likeness (QED) is 0.704. The highest BCUT2D eigenvalue weighted by Crippen LogP contribution is 2.35. The summed E-state index contributed by atoms with van der Waals surface area (Å²) < 4.78 is 10.5. The molecule has 0 saturated heterocycles. The molecule has 4 heteroatoms. The first-order chi connectivity index (χ1) is 7.43. The van der Waals surface area contributed by atoms with Gasteiger partial charge in [-0.15, -0.1) is 0 Å². The van der Waals surface area contributed by atoms with Gasteiger partial charge in [-0.1, -0.05) is 6.07 Å². The number of rotatable bonds is 1. The third-order valence-corrected chi connectivity index (χ3v) is 2.27. The Morgan fingerprint density at radius 2 is 1.73 bits per heavy atom. The Morgan fingerprint density at radius 1 is 0.933 bits per heavy atom. The van der Waals surface area contributed by atoms with Crippen LogP contribution in [0.15, 0.2) is 36.9 Å². The lowest BCUT2D eigenvalue weighted by molar-refractivity contribution is 0.174. The third kappa shape index (κ3) is 1.40. The normalized spacial score (nSPS) is 12.8. The van der Waals surface area contributed by atoms with Gasteiger partial charge in [-0.3, -0.25) is 0 Å². The molecule has 4 nitrogen and oxygen atoms in total. The van der Waals surface area contributed by atoms with Crippen LogP contribution in [0.1, 0.15) is 0 Å². The highest BCUT2D eigenvalue weighted by Gasteiger charge is 2.13. The fraction of sp³-hybridized carbons (Fsp3) is 0.0909. The Bertz CT molecular complexity index is 485. The van der Waals surface area contributed by atoms with E-state index in [2.05, 4.69) is 9.97 Å². The summed E-state index contributed by atoms with van der Waals surface area (Å²) in [5.41, 5.74) is 2.00. The van der Waals surface area contributed by atoms with E-state index in [0.717, 1.165) is 22.6 Å². The lowest BCUT2D eigenvalue weighted by atomic mass is 10.1. The molecule has 15 heavy (non-hydrogen) atoms. The topological polar surface area (TPSA) is 44.2 Å². The molecule has 1 aromatic carbocycles. The summed E-state index contributed by atoms with van der Waals surface area (Å²) >= 11 is 0. The van der Waals surface area contributed by atoms with Crippen molar-refractivity contribution in [3.8, 4) is 22.6 Å². The highest BCUT2D eigenvalue weighted by molar-refractivity contribution is 5.65. The second kappa shape index (κ2) is 3.24. The summed E-state index contributed by atoms with van der Waals surface area (Å²) in [7, 11) is 0. The minimum absolute atomic E-state index is 0.296.